The summed E-state index contributed by atoms with van der Waals surface area (Å²) >= 11 is 11.5. The van der Waals surface area contributed by atoms with E-state index in [0.29, 0.717) is 10.0 Å². The molecule has 0 aromatic heterocycles. The van der Waals surface area contributed by atoms with Crippen LogP contribution in [0.4, 0.5) is 0 Å². The number of carbonyl (C=O) groups is 2. The third kappa shape index (κ3) is 5.06. The van der Waals surface area contributed by atoms with Crippen LogP contribution in [0.3, 0.4) is 0 Å². The third-order valence-corrected chi connectivity index (χ3v) is 2.75. The van der Waals surface area contributed by atoms with Gasteiger partial charge in [-0.05, 0) is 17.7 Å². The quantitative estimate of drug-likeness (QED) is 0.865. The van der Waals surface area contributed by atoms with Gasteiger partial charge < -0.3 is 10.4 Å². The van der Waals surface area contributed by atoms with E-state index in [4.69, 9.17) is 28.3 Å². The number of carboxylic acid groups (broad SMARTS) is 1. The van der Waals surface area contributed by atoms with Crippen molar-refractivity contribution in [2.24, 2.45) is 0 Å². The largest absolute Gasteiger partial charge is 0.481 e. The van der Waals surface area contributed by atoms with Gasteiger partial charge in [0, 0.05) is 6.54 Å². The molecule has 4 nitrogen and oxygen atoms in total. The van der Waals surface area contributed by atoms with Crippen LogP contribution in [-0.2, 0) is 16.0 Å². The number of carbonyl (C=O) groups excluding carboxylic acids is 1. The van der Waals surface area contributed by atoms with E-state index in [1.54, 1.807) is 18.2 Å². The lowest BCUT2D eigenvalue weighted by molar-refractivity contribution is -0.136. The van der Waals surface area contributed by atoms with Gasteiger partial charge in [-0.2, -0.15) is 0 Å². The van der Waals surface area contributed by atoms with Crippen LogP contribution in [0.5, 0.6) is 0 Å². The molecule has 0 spiro atoms. The van der Waals surface area contributed by atoms with Gasteiger partial charge in [-0.3, -0.25) is 9.59 Å². The fourth-order valence-electron chi connectivity index (χ4n) is 1.21. The smallest absolute Gasteiger partial charge is 0.305 e. The van der Waals surface area contributed by atoms with Crippen LogP contribution in [0.2, 0.25) is 10.0 Å². The minimum atomic E-state index is -0.945. The molecule has 0 bridgehead atoms. The summed E-state index contributed by atoms with van der Waals surface area (Å²) in [6.45, 7) is 0.121. The summed E-state index contributed by atoms with van der Waals surface area (Å²) in [6, 6.07) is 4.93. The van der Waals surface area contributed by atoms with Gasteiger partial charge in [-0.1, -0.05) is 29.3 Å². The Kier molecular flexibility index (Phi) is 5.25. The second-order valence-corrected chi connectivity index (χ2v) is 4.23. The first-order valence-corrected chi connectivity index (χ1v) is 5.67. The molecule has 1 aromatic rings. The van der Waals surface area contributed by atoms with E-state index < -0.39 is 5.97 Å². The maximum Gasteiger partial charge on any atom is 0.305 e. The summed E-state index contributed by atoms with van der Waals surface area (Å²) in [4.78, 5) is 21.6. The molecule has 1 amide bonds. The molecule has 92 valence electrons. The van der Waals surface area contributed by atoms with Crippen LogP contribution in [0.15, 0.2) is 18.2 Å². The molecule has 6 heteroatoms. The predicted octanol–water partition coefficient (Wildman–Crippen LogP) is 2.13. The first kappa shape index (κ1) is 13.8. The number of hydrogen-bond acceptors (Lipinski definition) is 2. The van der Waals surface area contributed by atoms with E-state index in [1.807, 2.05) is 0 Å². The van der Waals surface area contributed by atoms with Crippen molar-refractivity contribution < 1.29 is 14.7 Å². The summed E-state index contributed by atoms with van der Waals surface area (Å²) in [5, 5.41) is 11.7. The van der Waals surface area contributed by atoms with Crippen LogP contribution in [0.1, 0.15) is 12.0 Å². The Morgan fingerprint density at radius 2 is 1.94 bits per heavy atom. The second-order valence-electron chi connectivity index (χ2n) is 3.42. The van der Waals surface area contributed by atoms with Gasteiger partial charge in [0.05, 0.1) is 22.9 Å². The van der Waals surface area contributed by atoms with E-state index in [1.165, 1.54) is 0 Å². The standard InChI is InChI=1S/C11H11Cl2NO3/c12-8-2-1-7(5-9(8)13)6-10(15)14-4-3-11(16)17/h1-2,5H,3-4,6H2,(H,14,15)(H,16,17). The Bertz CT molecular complexity index is 435. The summed E-state index contributed by atoms with van der Waals surface area (Å²) in [7, 11) is 0. The summed E-state index contributed by atoms with van der Waals surface area (Å²) in [5.41, 5.74) is 0.729. The minimum Gasteiger partial charge on any atom is -0.481 e. The Hall–Kier alpha value is -1.26. The van der Waals surface area contributed by atoms with Crippen LogP contribution in [0.25, 0.3) is 0 Å². The topological polar surface area (TPSA) is 66.4 Å². The zero-order valence-corrected chi connectivity index (χ0v) is 10.4. The molecule has 2 N–H and O–H groups in total. The highest BCUT2D eigenvalue weighted by Crippen LogP contribution is 2.22. The zero-order chi connectivity index (χ0) is 12.8. The van der Waals surface area contributed by atoms with Gasteiger partial charge in [0.2, 0.25) is 5.91 Å². The number of aliphatic carboxylic acids is 1. The van der Waals surface area contributed by atoms with E-state index >= 15 is 0 Å². The normalized spacial score (nSPS) is 10.0. The number of nitrogens with one attached hydrogen (secondary N) is 1. The van der Waals surface area contributed by atoms with Crippen molar-refractivity contribution in [3.63, 3.8) is 0 Å². The molecular formula is C11H11Cl2NO3. The second kappa shape index (κ2) is 6.47. The van der Waals surface area contributed by atoms with E-state index in [2.05, 4.69) is 5.32 Å². The van der Waals surface area contributed by atoms with Gasteiger partial charge in [0.1, 0.15) is 0 Å². The van der Waals surface area contributed by atoms with Gasteiger partial charge in [-0.25, -0.2) is 0 Å². The number of rotatable bonds is 5. The zero-order valence-electron chi connectivity index (χ0n) is 8.87. The highest BCUT2D eigenvalue weighted by Gasteiger charge is 2.06. The number of amides is 1. The number of hydrogen-bond donors (Lipinski definition) is 2. The van der Waals surface area contributed by atoms with E-state index in [-0.39, 0.29) is 25.3 Å². The summed E-state index contributed by atoms with van der Waals surface area (Å²) < 4.78 is 0. The maximum absolute atomic E-state index is 11.4. The van der Waals surface area contributed by atoms with Crippen LogP contribution in [-0.4, -0.2) is 23.5 Å². The first-order chi connectivity index (χ1) is 7.99. The number of benzene rings is 1. The minimum absolute atomic E-state index is 0.0902. The van der Waals surface area contributed by atoms with Crippen molar-refractivity contribution in [2.75, 3.05) is 6.54 Å². The van der Waals surface area contributed by atoms with Crippen molar-refractivity contribution in [3.05, 3.63) is 33.8 Å². The molecule has 17 heavy (non-hydrogen) atoms. The fraction of sp³-hybridized carbons (Fsp3) is 0.273. The predicted molar refractivity (Wildman–Crippen MR) is 65.4 cm³/mol. The lowest BCUT2D eigenvalue weighted by Gasteiger charge is -2.04. The molecular weight excluding hydrogens is 265 g/mol. The number of carboxylic acids is 1. The summed E-state index contributed by atoms with van der Waals surface area (Å²) in [6.07, 6.45) is 0.0591. The van der Waals surface area contributed by atoms with Gasteiger partial charge in [0.15, 0.2) is 0 Å². The monoisotopic (exact) mass is 275 g/mol. The van der Waals surface area contributed by atoms with Gasteiger partial charge in [0.25, 0.3) is 0 Å². The van der Waals surface area contributed by atoms with Crippen molar-refractivity contribution >= 4 is 35.1 Å². The van der Waals surface area contributed by atoms with Crippen molar-refractivity contribution in [2.45, 2.75) is 12.8 Å². The SMILES string of the molecule is O=C(O)CCNC(=O)Cc1ccc(Cl)c(Cl)c1. The molecule has 0 heterocycles. The Morgan fingerprint density at radius 3 is 2.53 bits per heavy atom. The van der Waals surface area contributed by atoms with Crippen LogP contribution >= 0.6 is 23.2 Å². The van der Waals surface area contributed by atoms with Crippen molar-refractivity contribution in [1.29, 1.82) is 0 Å². The van der Waals surface area contributed by atoms with E-state index in [0.717, 1.165) is 5.56 Å². The molecule has 0 saturated heterocycles. The summed E-state index contributed by atoms with van der Waals surface area (Å²) in [5.74, 6) is -1.19. The highest BCUT2D eigenvalue weighted by molar-refractivity contribution is 6.42. The lowest BCUT2D eigenvalue weighted by atomic mass is 10.1. The van der Waals surface area contributed by atoms with Gasteiger partial charge >= 0.3 is 5.97 Å². The molecule has 0 aliphatic rings. The Balaban J connectivity index is 2.45. The molecule has 1 rings (SSSR count). The number of halogens is 2. The molecule has 0 atom stereocenters. The first-order valence-electron chi connectivity index (χ1n) is 4.91. The van der Waals surface area contributed by atoms with Crippen molar-refractivity contribution in [1.82, 2.24) is 5.32 Å². The van der Waals surface area contributed by atoms with Crippen molar-refractivity contribution in [3.8, 4) is 0 Å². The maximum atomic E-state index is 11.4. The van der Waals surface area contributed by atoms with E-state index in [9.17, 15) is 9.59 Å². The Morgan fingerprint density at radius 1 is 1.24 bits per heavy atom. The molecule has 0 unspecified atom stereocenters. The molecule has 0 saturated carbocycles. The van der Waals surface area contributed by atoms with Gasteiger partial charge in [-0.15, -0.1) is 0 Å². The molecule has 1 aromatic carbocycles. The molecule has 0 fully saturated rings. The fourth-order valence-corrected chi connectivity index (χ4v) is 1.53. The molecule has 0 aliphatic heterocycles. The third-order valence-electron chi connectivity index (χ3n) is 2.01. The molecule has 0 aliphatic carbocycles. The molecule has 0 radical (unpaired) electrons. The van der Waals surface area contributed by atoms with Crippen LogP contribution < -0.4 is 5.32 Å². The highest BCUT2D eigenvalue weighted by atomic mass is 35.5. The lowest BCUT2D eigenvalue weighted by Crippen LogP contribution is -2.27. The Labute approximate surface area is 109 Å². The average molecular weight is 276 g/mol. The van der Waals surface area contributed by atoms with Crippen LogP contribution in [0, 0.1) is 0 Å². The average Bonchev–Trinajstić information content (AvgIpc) is 2.23.